The Hall–Kier alpha value is -1.60. The van der Waals surface area contributed by atoms with E-state index < -0.39 is 16.2 Å². The van der Waals surface area contributed by atoms with Crippen LogP contribution in [0.3, 0.4) is 0 Å². The Morgan fingerprint density at radius 1 is 1.17 bits per heavy atom. The summed E-state index contributed by atoms with van der Waals surface area (Å²) in [6, 6.07) is 6.40. The number of rotatable bonds is 4. The first-order chi connectivity index (χ1) is 10.9. The summed E-state index contributed by atoms with van der Waals surface area (Å²) in [4.78, 5) is 11.5. The molecule has 1 saturated carbocycles. The van der Waals surface area contributed by atoms with Gasteiger partial charge in [0.25, 0.3) is 0 Å². The number of hydrogen-bond acceptors (Lipinski definition) is 4. The summed E-state index contributed by atoms with van der Waals surface area (Å²) in [6.45, 7) is 1.25. The van der Waals surface area contributed by atoms with Crippen molar-refractivity contribution in [2.24, 2.45) is 11.8 Å². The molecule has 0 radical (unpaired) electrons. The summed E-state index contributed by atoms with van der Waals surface area (Å²) < 4.78 is 33.1. The van der Waals surface area contributed by atoms with Crippen molar-refractivity contribution < 1.29 is 17.9 Å². The summed E-state index contributed by atoms with van der Waals surface area (Å²) in [5, 5.41) is 0. The average molecular weight is 338 g/mol. The van der Waals surface area contributed by atoms with Crippen LogP contribution < -0.4 is 4.31 Å². The van der Waals surface area contributed by atoms with Gasteiger partial charge in [0, 0.05) is 20.1 Å². The molecule has 0 aromatic heterocycles. The van der Waals surface area contributed by atoms with Crippen LogP contribution in [0.1, 0.15) is 29.6 Å². The van der Waals surface area contributed by atoms with Crippen LogP contribution in [0, 0.1) is 11.8 Å². The second-order valence-corrected chi connectivity index (χ2v) is 8.24. The summed E-state index contributed by atoms with van der Waals surface area (Å²) in [7, 11) is -0.653. The number of carbonyl (C=O) groups excluding carboxylic acids is 1. The molecular formula is C16H22N2O4S. The van der Waals surface area contributed by atoms with Crippen molar-refractivity contribution >= 4 is 21.9 Å². The fourth-order valence-electron chi connectivity index (χ4n) is 3.61. The first-order valence-electron chi connectivity index (χ1n) is 7.86. The van der Waals surface area contributed by atoms with E-state index >= 15 is 0 Å². The molecule has 6 nitrogen and oxygen atoms in total. The van der Waals surface area contributed by atoms with Crippen molar-refractivity contribution in [3.63, 3.8) is 0 Å². The number of benzene rings is 1. The summed E-state index contributed by atoms with van der Waals surface area (Å²) in [5.74, 6) is 0.592. The molecule has 0 N–H and O–H groups in total. The molecule has 1 aromatic carbocycles. The molecule has 2 atom stereocenters. The molecule has 0 spiro atoms. The number of esters is 1. The zero-order valence-electron chi connectivity index (χ0n) is 13.4. The van der Waals surface area contributed by atoms with Crippen molar-refractivity contribution in [1.82, 2.24) is 4.31 Å². The van der Waals surface area contributed by atoms with E-state index in [-0.39, 0.29) is 0 Å². The van der Waals surface area contributed by atoms with Crippen LogP contribution in [0.2, 0.25) is 0 Å². The molecule has 3 rings (SSSR count). The van der Waals surface area contributed by atoms with Crippen molar-refractivity contribution in [3.8, 4) is 0 Å². The minimum Gasteiger partial charge on any atom is -0.465 e. The van der Waals surface area contributed by atoms with Crippen LogP contribution in [-0.2, 0) is 14.9 Å². The molecule has 1 heterocycles. The smallest absolute Gasteiger partial charge is 0.337 e. The Morgan fingerprint density at radius 2 is 1.74 bits per heavy atom. The molecule has 2 aliphatic rings. The standard InChI is InChI=1S/C16H22N2O4S/c1-17(15-8-6-12(7-9-15)16(19)22-2)23(20,21)18-10-13-4-3-5-14(13)11-18/h6-9,13-14H,3-5,10-11H2,1-2H3/t13-,14+. The fraction of sp³-hybridized carbons (Fsp3) is 0.562. The first kappa shape index (κ1) is 16.3. The van der Waals surface area contributed by atoms with Crippen molar-refractivity contribution in [3.05, 3.63) is 29.8 Å². The topological polar surface area (TPSA) is 66.9 Å². The molecule has 7 heteroatoms. The van der Waals surface area contributed by atoms with Gasteiger partial charge in [0.2, 0.25) is 0 Å². The molecule has 1 aliphatic carbocycles. The number of ether oxygens (including phenoxy) is 1. The highest BCUT2D eigenvalue weighted by molar-refractivity contribution is 7.90. The third kappa shape index (κ3) is 2.95. The largest absolute Gasteiger partial charge is 0.465 e. The van der Waals surface area contributed by atoms with Gasteiger partial charge in [0.15, 0.2) is 0 Å². The van der Waals surface area contributed by atoms with E-state index in [0.29, 0.717) is 36.2 Å². The van der Waals surface area contributed by atoms with E-state index in [1.807, 2.05) is 0 Å². The maximum atomic E-state index is 12.8. The highest BCUT2D eigenvalue weighted by Crippen LogP contribution is 2.39. The zero-order valence-corrected chi connectivity index (χ0v) is 14.3. The Labute approximate surface area is 137 Å². The second-order valence-electron chi connectivity index (χ2n) is 6.28. The third-order valence-corrected chi connectivity index (χ3v) is 6.87. The molecule has 1 aliphatic heterocycles. The van der Waals surface area contributed by atoms with Crippen molar-refractivity contribution in [2.75, 3.05) is 31.6 Å². The SMILES string of the molecule is COC(=O)c1ccc(N(C)S(=O)(=O)N2C[C@H]3CCC[C@H]3C2)cc1. The molecule has 0 bridgehead atoms. The normalized spacial score (nSPS) is 24.4. The Balaban J connectivity index is 1.76. The number of methoxy groups -OCH3 is 1. The van der Waals surface area contributed by atoms with Crippen LogP contribution in [0.25, 0.3) is 0 Å². The van der Waals surface area contributed by atoms with Gasteiger partial charge < -0.3 is 4.74 Å². The molecule has 1 saturated heterocycles. The van der Waals surface area contributed by atoms with E-state index in [1.54, 1.807) is 35.6 Å². The predicted octanol–water partition coefficient (Wildman–Crippen LogP) is 1.89. The van der Waals surface area contributed by atoms with Gasteiger partial charge in [0.05, 0.1) is 18.4 Å². The molecule has 1 aromatic rings. The van der Waals surface area contributed by atoms with Gasteiger partial charge in [-0.25, -0.2) is 4.79 Å². The highest BCUT2D eigenvalue weighted by atomic mass is 32.2. The zero-order chi connectivity index (χ0) is 16.6. The maximum Gasteiger partial charge on any atom is 0.337 e. The summed E-state index contributed by atoms with van der Waals surface area (Å²) in [5.41, 5.74) is 0.937. The van der Waals surface area contributed by atoms with Crippen LogP contribution in [0.5, 0.6) is 0 Å². The monoisotopic (exact) mass is 338 g/mol. The van der Waals surface area contributed by atoms with Crippen LogP contribution in [-0.4, -0.2) is 45.9 Å². The van der Waals surface area contributed by atoms with Crippen LogP contribution in [0.15, 0.2) is 24.3 Å². The van der Waals surface area contributed by atoms with Gasteiger partial charge in [-0.05, 0) is 48.9 Å². The fourth-order valence-corrected chi connectivity index (χ4v) is 5.11. The lowest BCUT2D eigenvalue weighted by molar-refractivity contribution is 0.0601. The molecule has 0 unspecified atom stereocenters. The number of hydrogen-bond donors (Lipinski definition) is 0. The lowest BCUT2D eigenvalue weighted by Crippen LogP contribution is -2.41. The maximum absolute atomic E-state index is 12.8. The molecule has 126 valence electrons. The van der Waals surface area contributed by atoms with Gasteiger partial charge in [-0.1, -0.05) is 6.42 Å². The molecule has 0 amide bonds. The third-order valence-electron chi connectivity index (χ3n) is 5.02. The van der Waals surface area contributed by atoms with Gasteiger partial charge in [-0.3, -0.25) is 4.31 Å². The average Bonchev–Trinajstić information content (AvgIpc) is 3.15. The predicted molar refractivity (Wildman–Crippen MR) is 87.5 cm³/mol. The number of nitrogens with zero attached hydrogens (tertiary/aromatic N) is 2. The summed E-state index contributed by atoms with van der Waals surface area (Å²) in [6.07, 6.45) is 3.48. The first-order valence-corrected chi connectivity index (χ1v) is 9.25. The van der Waals surface area contributed by atoms with Crippen LogP contribution in [0.4, 0.5) is 5.69 Å². The molecule has 2 fully saturated rings. The van der Waals surface area contributed by atoms with Crippen molar-refractivity contribution in [2.45, 2.75) is 19.3 Å². The lowest BCUT2D eigenvalue weighted by Gasteiger charge is -2.26. The van der Waals surface area contributed by atoms with Gasteiger partial charge >= 0.3 is 16.2 Å². The van der Waals surface area contributed by atoms with E-state index in [0.717, 1.165) is 12.8 Å². The van der Waals surface area contributed by atoms with Crippen molar-refractivity contribution in [1.29, 1.82) is 0 Å². The summed E-state index contributed by atoms with van der Waals surface area (Å²) >= 11 is 0. The Bertz CT molecular complexity index is 675. The van der Waals surface area contributed by atoms with Gasteiger partial charge in [-0.15, -0.1) is 0 Å². The van der Waals surface area contributed by atoms with Crippen LogP contribution >= 0.6 is 0 Å². The minimum absolute atomic E-state index is 0.401. The lowest BCUT2D eigenvalue weighted by atomic mass is 10.0. The second kappa shape index (κ2) is 6.13. The quantitative estimate of drug-likeness (QED) is 0.786. The Morgan fingerprint density at radius 3 is 2.26 bits per heavy atom. The number of carbonyl (C=O) groups is 1. The minimum atomic E-state index is -3.52. The highest BCUT2D eigenvalue weighted by Gasteiger charge is 2.42. The Kier molecular flexibility index (Phi) is 4.33. The molecular weight excluding hydrogens is 316 g/mol. The molecule has 23 heavy (non-hydrogen) atoms. The van der Waals surface area contributed by atoms with E-state index in [2.05, 4.69) is 4.74 Å². The van der Waals surface area contributed by atoms with E-state index in [9.17, 15) is 13.2 Å². The van der Waals surface area contributed by atoms with E-state index in [1.165, 1.54) is 17.8 Å². The van der Waals surface area contributed by atoms with Gasteiger partial charge in [0.1, 0.15) is 0 Å². The number of anilines is 1. The van der Waals surface area contributed by atoms with E-state index in [4.69, 9.17) is 0 Å². The van der Waals surface area contributed by atoms with Gasteiger partial charge in [-0.2, -0.15) is 12.7 Å². The number of fused-ring (bicyclic) bond motifs is 1.